The van der Waals surface area contributed by atoms with Crippen molar-refractivity contribution >= 4 is 38.9 Å². The highest BCUT2D eigenvalue weighted by Crippen LogP contribution is 2.35. The zero-order valence-corrected chi connectivity index (χ0v) is 12.4. The van der Waals surface area contributed by atoms with Gasteiger partial charge < -0.3 is 5.11 Å². The fourth-order valence-corrected chi connectivity index (χ4v) is 3.30. The number of phenolic OH excluding ortho intramolecular Hbond substituents is 1. The summed E-state index contributed by atoms with van der Waals surface area (Å²) in [5, 5.41) is 9.02. The second-order valence-corrected chi connectivity index (χ2v) is 6.43. The Morgan fingerprint density at radius 1 is 1.00 bits per heavy atom. The van der Waals surface area contributed by atoms with Crippen molar-refractivity contribution < 1.29 is 22.3 Å². The van der Waals surface area contributed by atoms with Crippen molar-refractivity contribution in [2.75, 3.05) is 4.72 Å². The third-order valence-corrected chi connectivity index (χ3v) is 4.59. The van der Waals surface area contributed by atoms with E-state index in [1.165, 1.54) is 0 Å². The van der Waals surface area contributed by atoms with Gasteiger partial charge in [0.05, 0.1) is 15.7 Å². The number of rotatable bonds is 3. The maximum Gasteiger partial charge on any atom is 0.263 e. The number of halogens is 4. The van der Waals surface area contributed by atoms with Crippen molar-refractivity contribution in [1.29, 1.82) is 0 Å². The molecule has 0 unspecified atom stereocenters. The van der Waals surface area contributed by atoms with Crippen LogP contribution in [0.3, 0.4) is 0 Å². The molecule has 0 atom stereocenters. The van der Waals surface area contributed by atoms with Crippen molar-refractivity contribution in [1.82, 2.24) is 0 Å². The van der Waals surface area contributed by atoms with Crippen molar-refractivity contribution in [3.8, 4) is 5.75 Å². The van der Waals surface area contributed by atoms with Gasteiger partial charge in [-0.1, -0.05) is 23.2 Å². The molecule has 0 aromatic heterocycles. The van der Waals surface area contributed by atoms with Gasteiger partial charge >= 0.3 is 0 Å². The first-order chi connectivity index (χ1) is 9.70. The number of phenols is 1. The lowest BCUT2D eigenvalue weighted by molar-refractivity contribution is 0.476. The van der Waals surface area contributed by atoms with Gasteiger partial charge in [-0.15, -0.1) is 0 Å². The highest BCUT2D eigenvalue weighted by Gasteiger charge is 2.21. The summed E-state index contributed by atoms with van der Waals surface area (Å²) in [6.07, 6.45) is 0. The summed E-state index contributed by atoms with van der Waals surface area (Å²) >= 11 is 11.2. The maximum absolute atomic E-state index is 13.2. The predicted octanol–water partition coefficient (Wildman–Crippen LogP) is 3.78. The molecule has 0 heterocycles. The number of hydrogen-bond donors (Lipinski definition) is 2. The molecular formula is C12H7Cl2F2NO3S. The molecule has 4 nitrogen and oxygen atoms in total. The van der Waals surface area contributed by atoms with Crippen molar-refractivity contribution in [2.24, 2.45) is 0 Å². The van der Waals surface area contributed by atoms with Crippen molar-refractivity contribution in [2.45, 2.75) is 4.90 Å². The van der Waals surface area contributed by atoms with Crippen LogP contribution in [0, 0.1) is 11.6 Å². The van der Waals surface area contributed by atoms with E-state index in [1.54, 1.807) is 0 Å². The third kappa shape index (κ3) is 3.37. The number of hydrogen-bond acceptors (Lipinski definition) is 3. The molecule has 2 rings (SSSR count). The fourth-order valence-electron chi connectivity index (χ4n) is 1.53. The second kappa shape index (κ2) is 5.67. The van der Waals surface area contributed by atoms with Crippen LogP contribution in [0.15, 0.2) is 35.2 Å². The number of sulfonamides is 1. The van der Waals surface area contributed by atoms with Crippen molar-refractivity contribution in [3.63, 3.8) is 0 Å². The van der Waals surface area contributed by atoms with Crippen LogP contribution >= 0.6 is 23.2 Å². The Balaban J connectivity index is 2.50. The molecule has 0 aliphatic rings. The van der Waals surface area contributed by atoms with Crippen LogP contribution in [0.5, 0.6) is 5.75 Å². The minimum absolute atomic E-state index is 0.231. The molecule has 2 aromatic rings. The third-order valence-electron chi connectivity index (χ3n) is 2.46. The number of aromatic hydroxyl groups is 1. The SMILES string of the molecule is O=S(=O)(Nc1cc(F)cc(Cl)c1O)c1cc(F)ccc1Cl. The van der Waals surface area contributed by atoms with Crippen LogP contribution in [-0.4, -0.2) is 13.5 Å². The Morgan fingerprint density at radius 2 is 1.67 bits per heavy atom. The largest absolute Gasteiger partial charge is 0.504 e. The lowest BCUT2D eigenvalue weighted by Crippen LogP contribution is -2.14. The van der Waals surface area contributed by atoms with E-state index in [-0.39, 0.29) is 10.0 Å². The highest BCUT2D eigenvalue weighted by atomic mass is 35.5. The molecule has 0 bridgehead atoms. The number of anilines is 1. The lowest BCUT2D eigenvalue weighted by atomic mass is 10.3. The average Bonchev–Trinajstić information content (AvgIpc) is 2.37. The van der Waals surface area contributed by atoms with Gasteiger partial charge in [0.1, 0.15) is 16.5 Å². The average molecular weight is 354 g/mol. The van der Waals surface area contributed by atoms with E-state index in [9.17, 15) is 22.3 Å². The van der Waals surface area contributed by atoms with Crippen LogP contribution in [0.4, 0.5) is 14.5 Å². The molecule has 2 N–H and O–H groups in total. The normalized spacial score (nSPS) is 11.4. The first-order valence-corrected chi connectivity index (χ1v) is 7.60. The molecule has 0 radical (unpaired) electrons. The van der Waals surface area contributed by atoms with Crippen LogP contribution in [0.2, 0.25) is 10.0 Å². The summed E-state index contributed by atoms with van der Waals surface area (Å²) in [6, 6.07) is 4.28. The second-order valence-electron chi connectivity index (χ2n) is 3.96. The van der Waals surface area contributed by atoms with E-state index in [4.69, 9.17) is 23.2 Å². The standard InChI is InChI=1S/C12H7Cl2F2NO3S/c13-8-2-1-6(15)5-11(8)21(19,20)17-10-4-7(16)3-9(14)12(10)18/h1-5,17-18H. The van der Waals surface area contributed by atoms with Gasteiger partial charge in [-0.3, -0.25) is 4.72 Å². The molecule has 0 saturated carbocycles. The Morgan fingerprint density at radius 3 is 2.33 bits per heavy atom. The number of benzene rings is 2. The Kier molecular flexibility index (Phi) is 4.27. The summed E-state index contributed by atoms with van der Waals surface area (Å²) in [6.45, 7) is 0. The molecule has 0 amide bonds. The first-order valence-electron chi connectivity index (χ1n) is 5.36. The lowest BCUT2D eigenvalue weighted by Gasteiger charge is -2.11. The van der Waals surface area contributed by atoms with Gasteiger partial charge in [-0.25, -0.2) is 17.2 Å². The molecule has 0 spiro atoms. The smallest absolute Gasteiger partial charge is 0.263 e. The molecule has 21 heavy (non-hydrogen) atoms. The highest BCUT2D eigenvalue weighted by molar-refractivity contribution is 7.92. The van der Waals surface area contributed by atoms with Crippen molar-refractivity contribution in [3.05, 3.63) is 52.0 Å². The van der Waals surface area contributed by atoms with E-state index in [1.807, 2.05) is 4.72 Å². The molecule has 9 heteroatoms. The van der Waals surface area contributed by atoms with E-state index in [0.717, 1.165) is 24.3 Å². The first kappa shape index (κ1) is 15.8. The molecule has 0 fully saturated rings. The van der Waals surface area contributed by atoms with E-state index < -0.39 is 38.0 Å². The van der Waals surface area contributed by atoms with Gasteiger partial charge in [-0.05, 0) is 24.3 Å². The van der Waals surface area contributed by atoms with Crippen LogP contribution in [0.25, 0.3) is 0 Å². The van der Waals surface area contributed by atoms with Gasteiger partial charge in [0.2, 0.25) is 0 Å². The van der Waals surface area contributed by atoms with Gasteiger partial charge in [0, 0.05) is 6.07 Å². The molecule has 0 aliphatic heterocycles. The Bertz CT molecular complexity index is 812. The Hall–Kier alpha value is -1.57. The fraction of sp³-hybridized carbons (Fsp3) is 0. The van der Waals surface area contributed by atoms with Gasteiger partial charge in [0.25, 0.3) is 10.0 Å². The van der Waals surface area contributed by atoms with Gasteiger partial charge in [0.15, 0.2) is 5.75 Å². The summed E-state index contributed by atoms with van der Waals surface area (Å²) < 4.78 is 52.5. The summed E-state index contributed by atoms with van der Waals surface area (Å²) in [4.78, 5) is -0.552. The summed E-state index contributed by atoms with van der Waals surface area (Å²) in [7, 11) is -4.33. The Labute approximate surface area is 129 Å². The van der Waals surface area contributed by atoms with E-state index >= 15 is 0 Å². The summed E-state index contributed by atoms with van der Waals surface area (Å²) in [5.41, 5.74) is -0.486. The predicted molar refractivity (Wildman–Crippen MR) is 75.3 cm³/mol. The molecule has 2 aromatic carbocycles. The maximum atomic E-state index is 13.2. The minimum Gasteiger partial charge on any atom is -0.504 e. The van der Waals surface area contributed by atoms with Crippen LogP contribution in [0.1, 0.15) is 0 Å². The minimum atomic E-state index is -4.33. The topological polar surface area (TPSA) is 66.4 Å². The quantitative estimate of drug-likeness (QED) is 0.825. The van der Waals surface area contributed by atoms with E-state index in [0.29, 0.717) is 6.07 Å². The molecule has 0 aliphatic carbocycles. The summed E-state index contributed by atoms with van der Waals surface area (Å²) in [5.74, 6) is -2.34. The van der Waals surface area contributed by atoms with Gasteiger partial charge in [-0.2, -0.15) is 0 Å². The molecular weight excluding hydrogens is 347 g/mol. The van der Waals surface area contributed by atoms with E-state index in [2.05, 4.69) is 0 Å². The monoisotopic (exact) mass is 353 g/mol. The zero-order chi connectivity index (χ0) is 15.8. The van der Waals surface area contributed by atoms with Crippen LogP contribution in [-0.2, 0) is 10.0 Å². The number of nitrogens with one attached hydrogen (secondary N) is 1. The molecule has 112 valence electrons. The zero-order valence-electron chi connectivity index (χ0n) is 10.1. The van der Waals surface area contributed by atoms with Crippen LogP contribution < -0.4 is 4.72 Å². The molecule has 0 saturated heterocycles.